The number of nitrogens with zero attached hydrogens (tertiary/aromatic N) is 2. The van der Waals surface area contributed by atoms with Crippen LogP contribution in [0.1, 0.15) is 136 Å². The van der Waals surface area contributed by atoms with Gasteiger partial charge in [0.15, 0.2) is 5.58 Å². The number of hydrogen-bond donors (Lipinski definition) is 0. The number of fused-ring (bicyclic) bond motifs is 4. The highest BCUT2D eigenvalue weighted by Crippen LogP contribution is 2.45. The molecule has 4 aromatic carbocycles. The number of unbranched alkanes of at least 4 members (excludes halogenated alkanes) is 2. The molecule has 4 heteroatoms. The lowest BCUT2D eigenvalue weighted by Crippen LogP contribution is -2.20. The molecule has 0 amide bonds. The maximum atomic E-state index is 7.25. The second-order valence-electron chi connectivity index (χ2n) is 18.9. The number of allylic oxidation sites excluding steroid dienone is 8. The zero-order chi connectivity index (χ0) is 46.4. The maximum Gasteiger partial charge on any atom is 0.159 e. The SMILES string of the molecule is C/C=C\c1ccccc(N(C2=C3\C=Cc4ccc(N(C)c5cccc6c5oc5c(C(C)CCCCC)cccc56)c(c4C3)/C=C\C/C=C\2)c2cccc(C)c2)c(C)oc1/C(=C\C)C1CCCC1. The fraction of sp³-hybridized carbons (Fsp3) is 0.302. The minimum Gasteiger partial charge on any atom is -0.459 e. The number of aryl methyl sites for hydroxylation is 2. The van der Waals surface area contributed by atoms with Gasteiger partial charge in [-0.3, -0.25) is 0 Å². The molecule has 0 spiro atoms. The molecular formula is C63H68N2O2. The molecule has 67 heavy (non-hydrogen) atoms. The third-order valence-corrected chi connectivity index (χ3v) is 14.4. The lowest BCUT2D eigenvalue weighted by atomic mass is 9.86. The molecule has 0 saturated heterocycles. The van der Waals surface area contributed by atoms with Crippen molar-refractivity contribution >= 4 is 68.5 Å². The Kier molecular flexibility index (Phi) is 14.0. The van der Waals surface area contributed by atoms with E-state index >= 15 is 0 Å². The molecule has 1 atom stereocenters. The first-order valence-corrected chi connectivity index (χ1v) is 25.0. The van der Waals surface area contributed by atoms with Crippen LogP contribution < -0.4 is 9.80 Å². The predicted octanol–water partition coefficient (Wildman–Crippen LogP) is 18.6. The van der Waals surface area contributed by atoms with Gasteiger partial charge in [-0.1, -0.05) is 161 Å². The smallest absolute Gasteiger partial charge is 0.159 e. The summed E-state index contributed by atoms with van der Waals surface area (Å²) in [6.45, 7) is 13.2. The summed E-state index contributed by atoms with van der Waals surface area (Å²) in [6.07, 6.45) is 31.9. The van der Waals surface area contributed by atoms with Crippen LogP contribution in [0.3, 0.4) is 0 Å². The highest BCUT2D eigenvalue weighted by molar-refractivity contribution is 6.10. The van der Waals surface area contributed by atoms with Gasteiger partial charge in [-0.2, -0.15) is 0 Å². The third-order valence-electron chi connectivity index (χ3n) is 14.4. The molecule has 1 unspecified atom stereocenters. The van der Waals surface area contributed by atoms with E-state index in [1.807, 2.05) is 0 Å². The average Bonchev–Trinajstić information content (AvgIpc) is 4.03. The van der Waals surface area contributed by atoms with Crippen LogP contribution in [0.2, 0.25) is 0 Å². The van der Waals surface area contributed by atoms with Crippen LogP contribution in [0.5, 0.6) is 0 Å². The molecule has 0 radical (unpaired) electrons. The van der Waals surface area contributed by atoms with Gasteiger partial charge >= 0.3 is 0 Å². The number of hydrogen-bond acceptors (Lipinski definition) is 4. The molecule has 0 aliphatic heterocycles. The fourth-order valence-corrected chi connectivity index (χ4v) is 10.8. The summed E-state index contributed by atoms with van der Waals surface area (Å²) in [6, 6.07) is 35.6. The monoisotopic (exact) mass is 885 g/mol. The summed E-state index contributed by atoms with van der Waals surface area (Å²) in [5, 5.41) is 2.35. The molecule has 6 aromatic rings. The number of furan rings is 1. The lowest BCUT2D eigenvalue weighted by molar-refractivity contribution is 0.496. The van der Waals surface area contributed by atoms with E-state index < -0.39 is 0 Å². The maximum absolute atomic E-state index is 7.25. The Hall–Kier alpha value is -6.52. The Balaban J connectivity index is 1.18. The molecule has 2 bridgehead atoms. The number of para-hydroxylation sites is 2. The van der Waals surface area contributed by atoms with Crippen LogP contribution in [0.25, 0.3) is 45.7 Å². The van der Waals surface area contributed by atoms with Gasteiger partial charge in [-0.15, -0.1) is 0 Å². The standard InChI is InChI=1S/C63H68N2O2/c1-8-11-13-25-44(5)52-31-21-32-54-55-33-22-36-60(63(55)67-62(52)54)64(7)59-40-39-47-37-38-49-42-56(47)53(59)30-14-12-15-35-58(49)65(50-29-20-24-43(4)41-50)57-34-19-18-28-48(23-9-2)61(66-45(57)6)51(10-3)46-26-16-17-27-46/h9-10,14-15,18-24,28-41,44,46H,8,11-13,16-17,25-27,42H2,1-7H3/b23-9-,28-18?,30-14-,34-19?,35-15-,51-10-,57-45?,58-49+,61-48?. The van der Waals surface area contributed by atoms with E-state index in [2.05, 4.69) is 210 Å². The van der Waals surface area contributed by atoms with Crippen molar-refractivity contribution in [3.05, 3.63) is 190 Å². The molecule has 0 N–H and O–H groups in total. The Morgan fingerprint density at radius 2 is 1.52 bits per heavy atom. The Morgan fingerprint density at radius 1 is 0.761 bits per heavy atom. The Bertz CT molecular complexity index is 3030. The van der Waals surface area contributed by atoms with E-state index in [-0.39, 0.29) is 0 Å². The molecule has 1 saturated carbocycles. The summed E-state index contributed by atoms with van der Waals surface area (Å²) in [4.78, 5) is 4.77. The van der Waals surface area contributed by atoms with Crippen molar-refractivity contribution in [2.24, 2.45) is 5.92 Å². The van der Waals surface area contributed by atoms with Gasteiger partial charge < -0.3 is 18.6 Å². The normalized spacial score (nSPS) is 17.6. The number of benzene rings is 4. The topological polar surface area (TPSA) is 32.8 Å². The van der Waals surface area contributed by atoms with E-state index in [0.717, 1.165) is 74.9 Å². The summed E-state index contributed by atoms with van der Waals surface area (Å²) in [5.41, 5.74) is 17.4. The van der Waals surface area contributed by atoms with Crippen LogP contribution in [0.4, 0.5) is 22.7 Å². The van der Waals surface area contributed by atoms with Crippen molar-refractivity contribution in [3.8, 4) is 0 Å². The van der Waals surface area contributed by atoms with Crippen molar-refractivity contribution in [2.75, 3.05) is 16.8 Å². The van der Waals surface area contributed by atoms with Gasteiger partial charge in [0.2, 0.25) is 0 Å². The van der Waals surface area contributed by atoms with Crippen molar-refractivity contribution in [3.63, 3.8) is 0 Å². The van der Waals surface area contributed by atoms with Crippen LogP contribution in [-0.4, -0.2) is 7.05 Å². The molecular weight excluding hydrogens is 817 g/mol. The number of rotatable bonds is 13. The minimum absolute atomic E-state index is 0.430. The largest absolute Gasteiger partial charge is 0.459 e. The van der Waals surface area contributed by atoms with Crippen LogP contribution >= 0.6 is 0 Å². The van der Waals surface area contributed by atoms with E-state index in [4.69, 9.17) is 8.83 Å². The van der Waals surface area contributed by atoms with Gasteiger partial charge in [0, 0.05) is 52.4 Å². The van der Waals surface area contributed by atoms with Crippen molar-refractivity contribution in [1.29, 1.82) is 0 Å². The quantitative estimate of drug-likeness (QED) is 0.108. The first-order chi connectivity index (χ1) is 32.8. The minimum atomic E-state index is 0.430. The first kappa shape index (κ1) is 45.6. The molecule has 2 aromatic heterocycles. The van der Waals surface area contributed by atoms with Gasteiger partial charge in [-0.05, 0) is 135 Å². The summed E-state index contributed by atoms with van der Waals surface area (Å²) in [7, 11) is 2.20. The molecule has 1 fully saturated rings. The summed E-state index contributed by atoms with van der Waals surface area (Å²) in [5.74, 6) is 2.74. The van der Waals surface area contributed by atoms with Crippen molar-refractivity contribution in [1.82, 2.24) is 0 Å². The summed E-state index contributed by atoms with van der Waals surface area (Å²) < 4.78 is 14.2. The fourth-order valence-electron chi connectivity index (χ4n) is 10.8. The van der Waals surface area contributed by atoms with Crippen LogP contribution in [-0.2, 0) is 6.42 Å². The number of anilines is 4. The van der Waals surface area contributed by atoms with Gasteiger partial charge in [0.05, 0.1) is 11.4 Å². The van der Waals surface area contributed by atoms with E-state index in [1.165, 1.54) is 95.7 Å². The molecule has 2 heterocycles. The van der Waals surface area contributed by atoms with Gasteiger partial charge in [0.25, 0.3) is 0 Å². The molecule has 342 valence electrons. The first-order valence-electron chi connectivity index (χ1n) is 25.0. The predicted molar refractivity (Wildman–Crippen MR) is 288 cm³/mol. The molecule has 4 nitrogen and oxygen atoms in total. The lowest BCUT2D eigenvalue weighted by Gasteiger charge is -2.31. The van der Waals surface area contributed by atoms with Crippen molar-refractivity contribution < 1.29 is 8.83 Å². The summed E-state index contributed by atoms with van der Waals surface area (Å²) >= 11 is 0. The van der Waals surface area contributed by atoms with Gasteiger partial charge in [-0.25, -0.2) is 0 Å². The Labute approximate surface area is 399 Å². The van der Waals surface area contributed by atoms with Crippen LogP contribution in [0.15, 0.2) is 154 Å². The van der Waals surface area contributed by atoms with Crippen LogP contribution in [0, 0.1) is 19.8 Å². The van der Waals surface area contributed by atoms with E-state index in [0.29, 0.717) is 11.8 Å². The highest BCUT2D eigenvalue weighted by Gasteiger charge is 2.27. The highest BCUT2D eigenvalue weighted by atomic mass is 16.3. The zero-order valence-electron chi connectivity index (χ0n) is 40.9. The second-order valence-corrected chi connectivity index (χ2v) is 18.9. The second kappa shape index (κ2) is 20.6. The third kappa shape index (κ3) is 9.29. The molecule has 9 rings (SSSR count). The molecule has 3 aliphatic carbocycles. The molecule has 3 aliphatic rings. The zero-order valence-corrected chi connectivity index (χ0v) is 40.9. The van der Waals surface area contributed by atoms with Gasteiger partial charge in [0.1, 0.15) is 17.1 Å². The Morgan fingerprint density at radius 3 is 2.31 bits per heavy atom. The van der Waals surface area contributed by atoms with Crippen molar-refractivity contribution in [2.45, 2.75) is 112 Å². The van der Waals surface area contributed by atoms with E-state index in [1.54, 1.807) is 0 Å². The average molecular weight is 885 g/mol. The van der Waals surface area contributed by atoms with E-state index in [9.17, 15) is 0 Å².